The van der Waals surface area contributed by atoms with Crippen molar-refractivity contribution in [1.29, 1.82) is 0 Å². The summed E-state index contributed by atoms with van der Waals surface area (Å²) in [6, 6.07) is 20.9. The number of nitrogens with one attached hydrogen (secondary N) is 2. The van der Waals surface area contributed by atoms with Crippen molar-refractivity contribution in [2.75, 3.05) is 25.6 Å². The third-order valence-electron chi connectivity index (χ3n) is 4.25. The number of thiocarbonyl (C=S) groups is 1. The average molecular weight is 470 g/mol. The Balaban J connectivity index is 1.54. The molecule has 0 bridgehead atoms. The van der Waals surface area contributed by atoms with E-state index in [1.54, 1.807) is 25.5 Å². The Kier molecular flexibility index (Phi) is 8.71. The number of rotatable bonds is 9. The molecule has 0 unspecified atom stereocenters. The molecule has 0 saturated heterocycles. The minimum absolute atomic E-state index is 0.318. The predicted octanol–water partition coefficient (Wildman–Crippen LogP) is 5.44. The zero-order valence-corrected chi connectivity index (χ0v) is 19.4. The number of hydrogen-bond acceptors (Lipinski definition) is 5. The standard InChI is InChI=1S/C24H24ClN3O3S/c1-17-7-6-10-20(13-17)30-11-12-31-23-21(25)14-18(15-22(23)29-2)16-26-28-24(32)27-19-8-4-3-5-9-19/h3-10,13-16H,11-12H2,1-2H3,(H2,27,28,32)/b26-16+. The summed E-state index contributed by atoms with van der Waals surface area (Å²) < 4.78 is 16.9. The average Bonchev–Trinajstić information content (AvgIpc) is 2.78. The molecule has 0 aliphatic rings. The lowest BCUT2D eigenvalue weighted by Gasteiger charge is -2.14. The van der Waals surface area contributed by atoms with Crippen molar-refractivity contribution in [2.24, 2.45) is 5.10 Å². The third kappa shape index (κ3) is 7.14. The second-order valence-corrected chi connectivity index (χ2v) is 7.55. The Morgan fingerprint density at radius 3 is 2.56 bits per heavy atom. The molecule has 0 amide bonds. The first-order valence-electron chi connectivity index (χ1n) is 9.90. The normalized spacial score (nSPS) is 10.6. The van der Waals surface area contributed by atoms with E-state index in [1.165, 1.54) is 0 Å². The van der Waals surface area contributed by atoms with Gasteiger partial charge in [-0.05, 0) is 66.7 Å². The first-order chi connectivity index (χ1) is 15.5. The molecule has 3 rings (SSSR count). The number of ether oxygens (including phenoxy) is 3. The van der Waals surface area contributed by atoms with Crippen LogP contribution < -0.4 is 25.0 Å². The van der Waals surface area contributed by atoms with E-state index in [2.05, 4.69) is 15.8 Å². The Morgan fingerprint density at radius 2 is 1.81 bits per heavy atom. The van der Waals surface area contributed by atoms with E-state index < -0.39 is 0 Å². The van der Waals surface area contributed by atoms with Crippen LogP contribution in [0.25, 0.3) is 0 Å². The quantitative estimate of drug-likeness (QED) is 0.188. The fourth-order valence-corrected chi connectivity index (χ4v) is 3.25. The summed E-state index contributed by atoms with van der Waals surface area (Å²) in [6.45, 7) is 2.71. The molecule has 32 heavy (non-hydrogen) atoms. The van der Waals surface area contributed by atoms with E-state index in [9.17, 15) is 0 Å². The second-order valence-electron chi connectivity index (χ2n) is 6.74. The molecule has 0 atom stereocenters. The Bertz CT molecular complexity index is 1080. The van der Waals surface area contributed by atoms with E-state index in [4.69, 9.17) is 38.0 Å². The highest BCUT2D eigenvalue weighted by molar-refractivity contribution is 7.80. The predicted molar refractivity (Wildman–Crippen MR) is 134 cm³/mol. The van der Waals surface area contributed by atoms with Crippen molar-refractivity contribution >= 4 is 40.8 Å². The van der Waals surface area contributed by atoms with Gasteiger partial charge in [0, 0.05) is 5.69 Å². The van der Waals surface area contributed by atoms with E-state index in [1.807, 2.05) is 61.5 Å². The number of nitrogens with zero attached hydrogens (tertiary/aromatic N) is 1. The van der Waals surface area contributed by atoms with E-state index in [0.29, 0.717) is 34.8 Å². The smallest absolute Gasteiger partial charge is 0.191 e. The van der Waals surface area contributed by atoms with E-state index in [0.717, 1.165) is 22.6 Å². The number of hydrogen-bond donors (Lipinski definition) is 2. The zero-order valence-electron chi connectivity index (χ0n) is 17.8. The number of halogens is 1. The summed E-state index contributed by atoms with van der Waals surface area (Å²) in [4.78, 5) is 0. The van der Waals surface area contributed by atoms with Crippen molar-refractivity contribution in [3.63, 3.8) is 0 Å². The van der Waals surface area contributed by atoms with Gasteiger partial charge < -0.3 is 19.5 Å². The molecule has 8 heteroatoms. The Morgan fingerprint density at radius 1 is 1.03 bits per heavy atom. The molecule has 0 heterocycles. The third-order valence-corrected chi connectivity index (χ3v) is 4.73. The van der Waals surface area contributed by atoms with Gasteiger partial charge in [-0.3, -0.25) is 5.43 Å². The van der Waals surface area contributed by atoms with Gasteiger partial charge in [-0.2, -0.15) is 5.10 Å². The van der Waals surface area contributed by atoms with E-state index >= 15 is 0 Å². The number of para-hydroxylation sites is 1. The number of aryl methyl sites for hydroxylation is 1. The lowest BCUT2D eigenvalue weighted by Crippen LogP contribution is -2.23. The topological polar surface area (TPSA) is 64.1 Å². The molecule has 0 fully saturated rings. The maximum absolute atomic E-state index is 6.41. The van der Waals surface area contributed by atoms with Gasteiger partial charge in [-0.1, -0.05) is 41.9 Å². The van der Waals surface area contributed by atoms with Crippen molar-refractivity contribution in [3.05, 3.63) is 82.9 Å². The summed E-state index contributed by atoms with van der Waals surface area (Å²) in [6.07, 6.45) is 1.60. The highest BCUT2D eigenvalue weighted by atomic mass is 35.5. The number of anilines is 1. The monoisotopic (exact) mass is 469 g/mol. The molecule has 0 spiro atoms. The molecule has 2 N–H and O–H groups in total. The summed E-state index contributed by atoms with van der Waals surface area (Å²) >= 11 is 11.6. The molecular weight excluding hydrogens is 446 g/mol. The summed E-state index contributed by atoms with van der Waals surface area (Å²) in [5.41, 5.74) is 5.51. The van der Waals surface area contributed by atoms with Gasteiger partial charge in [0.25, 0.3) is 0 Å². The Labute approximate surface area is 198 Å². The van der Waals surface area contributed by atoms with Gasteiger partial charge in [-0.25, -0.2) is 0 Å². The summed E-state index contributed by atoms with van der Waals surface area (Å²) in [7, 11) is 1.56. The minimum Gasteiger partial charge on any atom is -0.493 e. The van der Waals surface area contributed by atoms with Crippen molar-refractivity contribution in [2.45, 2.75) is 6.92 Å². The molecule has 6 nitrogen and oxygen atoms in total. The van der Waals surface area contributed by atoms with Crippen LogP contribution in [-0.4, -0.2) is 31.7 Å². The molecule has 0 saturated carbocycles. The van der Waals surface area contributed by atoms with Crippen LogP contribution in [0.1, 0.15) is 11.1 Å². The van der Waals surface area contributed by atoms with Gasteiger partial charge in [-0.15, -0.1) is 0 Å². The van der Waals surface area contributed by atoms with Crippen molar-refractivity contribution < 1.29 is 14.2 Å². The van der Waals surface area contributed by atoms with Gasteiger partial charge in [0.05, 0.1) is 18.3 Å². The lowest BCUT2D eigenvalue weighted by atomic mass is 10.2. The fourth-order valence-electron chi connectivity index (χ4n) is 2.81. The van der Waals surface area contributed by atoms with Crippen LogP contribution in [-0.2, 0) is 0 Å². The highest BCUT2D eigenvalue weighted by Crippen LogP contribution is 2.36. The zero-order chi connectivity index (χ0) is 22.8. The number of methoxy groups -OCH3 is 1. The molecule has 166 valence electrons. The van der Waals surface area contributed by atoms with Crippen molar-refractivity contribution in [3.8, 4) is 17.2 Å². The maximum atomic E-state index is 6.41. The Hall–Kier alpha value is -3.29. The molecule has 0 radical (unpaired) electrons. The summed E-state index contributed by atoms with van der Waals surface area (Å²) in [5.74, 6) is 1.75. The largest absolute Gasteiger partial charge is 0.493 e. The minimum atomic E-state index is 0.318. The van der Waals surface area contributed by atoms with Gasteiger partial charge >= 0.3 is 0 Å². The first-order valence-corrected chi connectivity index (χ1v) is 10.7. The van der Waals surface area contributed by atoms with Gasteiger partial charge in [0.2, 0.25) is 0 Å². The first kappa shape index (κ1) is 23.4. The van der Waals surface area contributed by atoms with Crippen LogP contribution in [0.15, 0.2) is 71.8 Å². The highest BCUT2D eigenvalue weighted by Gasteiger charge is 2.12. The van der Waals surface area contributed by atoms with Crippen molar-refractivity contribution in [1.82, 2.24) is 5.43 Å². The second kappa shape index (κ2) is 11.9. The van der Waals surface area contributed by atoms with Crippen LogP contribution >= 0.6 is 23.8 Å². The number of hydrazone groups is 1. The molecule has 0 aliphatic heterocycles. The van der Waals surface area contributed by atoms with E-state index in [-0.39, 0.29) is 0 Å². The molecule has 3 aromatic rings. The van der Waals surface area contributed by atoms with Gasteiger partial charge in [0.1, 0.15) is 19.0 Å². The maximum Gasteiger partial charge on any atom is 0.191 e. The molecule has 3 aromatic carbocycles. The van der Waals surface area contributed by atoms with Gasteiger partial charge in [0.15, 0.2) is 16.6 Å². The lowest BCUT2D eigenvalue weighted by molar-refractivity contribution is 0.211. The fraction of sp³-hybridized carbons (Fsp3) is 0.167. The SMILES string of the molecule is COc1cc(/C=N/NC(=S)Nc2ccccc2)cc(Cl)c1OCCOc1cccc(C)c1. The molecule has 0 aromatic heterocycles. The van der Waals surface area contributed by atoms with Crippen LogP contribution in [0.3, 0.4) is 0 Å². The molecular formula is C24H24ClN3O3S. The number of benzene rings is 3. The summed E-state index contributed by atoms with van der Waals surface area (Å²) in [5, 5.41) is 7.97. The molecule has 0 aliphatic carbocycles. The van der Waals surface area contributed by atoms with Crippen LogP contribution in [0.4, 0.5) is 5.69 Å². The van der Waals surface area contributed by atoms with Crippen LogP contribution in [0.2, 0.25) is 5.02 Å². The van der Waals surface area contributed by atoms with Crippen LogP contribution in [0, 0.1) is 6.92 Å². The van der Waals surface area contributed by atoms with Crippen LogP contribution in [0.5, 0.6) is 17.2 Å².